The van der Waals surface area contributed by atoms with Gasteiger partial charge in [-0.2, -0.15) is 5.10 Å². The first kappa shape index (κ1) is 23.7. The number of nitrogens with zero attached hydrogens (tertiary/aromatic N) is 7. The van der Waals surface area contributed by atoms with E-state index in [1.165, 1.54) is 4.52 Å². The van der Waals surface area contributed by atoms with E-state index in [-0.39, 0.29) is 16.9 Å². The average Bonchev–Trinajstić information content (AvgIpc) is 3.63. The topological polar surface area (TPSA) is 130 Å². The molecule has 6 aromatic rings. The van der Waals surface area contributed by atoms with Gasteiger partial charge in [-0.15, -0.1) is 5.10 Å². The van der Waals surface area contributed by atoms with Gasteiger partial charge in [-0.25, -0.2) is 9.50 Å². The average molecular weight is 518 g/mol. The first-order valence-electron chi connectivity index (χ1n) is 12.1. The minimum absolute atomic E-state index is 0.0662. The van der Waals surface area contributed by atoms with Crippen molar-refractivity contribution in [1.29, 1.82) is 0 Å². The van der Waals surface area contributed by atoms with Gasteiger partial charge in [0.2, 0.25) is 0 Å². The summed E-state index contributed by atoms with van der Waals surface area (Å²) in [4.78, 5) is 31.6. The van der Waals surface area contributed by atoms with Gasteiger partial charge in [0.15, 0.2) is 11.5 Å². The number of nitrogens with two attached hydrogens (primary N) is 1. The fourth-order valence-electron chi connectivity index (χ4n) is 4.54. The van der Waals surface area contributed by atoms with Crippen LogP contribution in [0.15, 0.2) is 84.4 Å². The zero-order valence-electron chi connectivity index (χ0n) is 21.1. The SMILES string of the molecule is C[C@@H](NC(=O)c1c(N)nn2cccnc12)c1cn2ccc(C#Cc3cnn(C)c3)c2c(=O)n1-c1ccccc1. The third-order valence-electron chi connectivity index (χ3n) is 6.35. The van der Waals surface area contributed by atoms with E-state index in [9.17, 15) is 9.59 Å². The van der Waals surface area contributed by atoms with Crippen LogP contribution in [0, 0.1) is 11.8 Å². The maximum atomic E-state index is 14.0. The van der Waals surface area contributed by atoms with Crippen LogP contribution in [0.2, 0.25) is 0 Å². The summed E-state index contributed by atoms with van der Waals surface area (Å²) < 4.78 is 6.45. The summed E-state index contributed by atoms with van der Waals surface area (Å²) in [6.07, 6.45) is 10.3. The Morgan fingerprint density at radius 3 is 2.67 bits per heavy atom. The molecule has 0 aliphatic carbocycles. The summed E-state index contributed by atoms with van der Waals surface area (Å²) in [5.74, 6) is 5.79. The highest BCUT2D eigenvalue weighted by atomic mass is 16.2. The zero-order chi connectivity index (χ0) is 27.1. The predicted molar refractivity (Wildman–Crippen MR) is 145 cm³/mol. The lowest BCUT2D eigenvalue weighted by Gasteiger charge is -2.20. The number of rotatable bonds is 4. The number of carbonyl (C=O) groups excluding carboxylic acids is 1. The minimum Gasteiger partial charge on any atom is -0.381 e. The molecule has 0 spiro atoms. The largest absolute Gasteiger partial charge is 0.381 e. The molecule has 39 heavy (non-hydrogen) atoms. The molecule has 11 nitrogen and oxygen atoms in total. The van der Waals surface area contributed by atoms with Gasteiger partial charge < -0.3 is 15.5 Å². The summed E-state index contributed by atoms with van der Waals surface area (Å²) in [6, 6.07) is 12.2. The Balaban J connectivity index is 1.45. The van der Waals surface area contributed by atoms with Gasteiger partial charge in [0.25, 0.3) is 11.5 Å². The fraction of sp³-hybridized carbons (Fsp3) is 0.107. The maximum absolute atomic E-state index is 14.0. The van der Waals surface area contributed by atoms with Crippen LogP contribution in [-0.2, 0) is 7.05 Å². The van der Waals surface area contributed by atoms with Crippen LogP contribution in [0.25, 0.3) is 16.9 Å². The number of para-hydroxylation sites is 1. The molecule has 0 bridgehead atoms. The van der Waals surface area contributed by atoms with Gasteiger partial charge in [-0.1, -0.05) is 30.0 Å². The lowest BCUT2D eigenvalue weighted by atomic mass is 10.1. The normalized spacial score (nSPS) is 11.8. The highest BCUT2D eigenvalue weighted by Crippen LogP contribution is 2.21. The molecule has 0 fully saturated rings. The third-order valence-corrected chi connectivity index (χ3v) is 6.35. The summed E-state index contributed by atoms with van der Waals surface area (Å²) in [5.41, 5.74) is 9.28. The summed E-state index contributed by atoms with van der Waals surface area (Å²) in [7, 11) is 1.82. The Labute approximate surface area is 222 Å². The van der Waals surface area contributed by atoms with Gasteiger partial charge >= 0.3 is 0 Å². The number of aryl methyl sites for hydroxylation is 1. The van der Waals surface area contributed by atoms with Crippen LogP contribution in [0.1, 0.15) is 40.1 Å². The van der Waals surface area contributed by atoms with Crippen molar-refractivity contribution in [3.05, 3.63) is 112 Å². The van der Waals surface area contributed by atoms with Crippen molar-refractivity contribution in [2.45, 2.75) is 13.0 Å². The number of hydrogen-bond acceptors (Lipinski definition) is 6. The van der Waals surface area contributed by atoms with Crippen LogP contribution in [-0.4, -0.2) is 39.3 Å². The molecule has 1 amide bonds. The van der Waals surface area contributed by atoms with Gasteiger partial charge in [-0.3, -0.25) is 18.8 Å². The molecule has 192 valence electrons. The number of aromatic nitrogens is 7. The lowest BCUT2D eigenvalue weighted by Crippen LogP contribution is -2.33. The third kappa shape index (κ3) is 4.19. The second-order valence-corrected chi connectivity index (χ2v) is 9.01. The molecular weight excluding hydrogens is 494 g/mol. The van der Waals surface area contributed by atoms with E-state index in [1.54, 1.807) is 57.5 Å². The highest BCUT2D eigenvalue weighted by molar-refractivity contribution is 6.04. The number of fused-ring (bicyclic) bond motifs is 2. The Kier molecular flexibility index (Phi) is 5.69. The predicted octanol–water partition coefficient (Wildman–Crippen LogP) is 2.34. The number of benzene rings is 1. The molecule has 0 radical (unpaired) electrons. The molecule has 11 heteroatoms. The van der Waals surface area contributed by atoms with Crippen molar-refractivity contribution < 1.29 is 4.79 Å². The molecule has 1 atom stereocenters. The van der Waals surface area contributed by atoms with E-state index < -0.39 is 11.9 Å². The van der Waals surface area contributed by atoms with Crippen LogP contribution in [0.3, 0.4) is 0 Å². The van der Waals surface area contributed by atoms with Crippen molar-refractivity contribution in [2.75, 3.05) is 5.73 Å². The lowest BCUT2D eigenvalue weighted by molar-refractivity contribution is 0.0941. The molecule has 6 rings (SSSR count). The number of carbonyl (C=O) groups is 1. The van der Waals surface area contributed by atoms with E-state index in [2.05, 4.69) is 32.3 Å². The summed E-state index contributed by atoms with van der Waals surface area (Å²) >= 11 is 0. The molecule has 5 aromatic heterocycles. The van der Waals surface area contributed by atoms with Gasteiger partial charge in [0.05, 0.1) is 29.1 Å². The van der Waals surface area contributed by atoms with Crippen LogP contribution >= 0.6 is 0 Å². The monoisotopic (exact) mass is 517 g/mol. The second kappa shape index (κ2) is 9.35. The van der Waals surface area contributed by atoms with E-state index >= 15 is 0 Å². The first-order valence-corrected chi connectivity index (χ1v) is 12.1. The molecular formula is C28H23N9O2. The molecule has 1 aromatic carbocycles. The number of nitrogens with one attached hydrogen (secondary N) is 1. The van der Waals surface area contributed by atoms with Crippen molar-refractivity contribution in [3.63, 3.8) is 0 Å². The quantitative estimate of drug-likeness (QED) is 0.345. The van der Waals surface area contributed by atoms with Gasteiger partial charge in [-0.05, 0) is 31.2 Å². The Morgan fingerprint density at radius 2 is 1.90 bits per heavy atom. The van der Waals surface area contributed by atoms with Crippen LogP contribution < -0.4 is 16.6 Å². The number of hydrogen-bond donors (Lipinski definition) is 2. The molecule has 3 N–H and O–H groups in total. The fourth-order valence-corrected chi connectivity index (χ4v) is 4.54. The van der Waals surface area contributed by atoms with Crippen molar-refractivity contribution in [3.8, 4) is 17.5 Å². The van der Waals surface area contributed by atoms with Crippen molar-refractivity contribution >= 4 is 22.9 Å². The second-order valence-electron chi connectivity index (χ2n) is 9.01. The van der Waals surface area contributed by atoms with Gasteiger partial charge in [0, 0.05) is 43.7 Å². The maximum Gasteiger partial charge on any atom is 0.280 e. The van der Waals surface area contributed by atoms with Crippen LogP contribution in [0.5, 0.6) is 0 Å². The van der Waals surface area contributed by atoms with Crippen molar-refractivity contribution in [1.82, 2.24) is 38.7 Å². The molecule has 0 aliphatic rings. The molecule has 0 saturated carbocycles. The molecule has 0 aliphatic heterocycles. The number of amides is 1. The first-order chi connectivity index (χ1) is 18.9. The Morgan fingerprint density at radius 1 is 1.08 bits per heavy atom. The Bertz CT molecular complexity index is 1980. The molecule has 5 heterocycles. The van der Waals surface area contributed by atoms with E-state index in [0.29, 0.717) is 28.1 Å². The van der Waals surface area contributed by atoms with E-state index in [4.69, 9.17) is 5.73 Å². The van der Waals surface area contributed by atoms with Crippen molar-refractivity contribution in [2.24, 2.45) is 7.05 Å². The van der Waals surface area contributed by atoms with Gasteiger partial charge in [0.1, 0.15) is 11.1 Å². The minimum atomic E-state index is -0.583. The van der Waals surface area contributed by atoms with E-state index in [1.807, 2.05) is 49.8 Å². The Hall–Kier alpha value is -5.63. The standard InChI is InChI=1S/C28H23N9O2/c1-18(32-27(38)23-25(29)33-36-13-6-12-30-26(23)36)22-17-35-14-11-20(10-9-19-15-31-34(2)16-19)24(35)28(39)37(22)21-7-4-3-5-8-21/h3-8,11-18H,1-2H3,(H2,29,33)(H,32,38)/t18-/m1/s1. The molecule has 0 saturated heterocycles. The zero-order valence-corrected chi connectivity index (χ0v) is 21.1. The number of anilines is 1. The van der Waals surface area contributed by atoms with E-state index in [0.717, 1.165) is 5.56 Å². The summed E-state index contributed by atoms with van der Waals surface area (Å²) in [5, 5.41) is 11.3. The smallest absolute Gasteiger partial charge is 0.280 e. The highest BCUT2D eigenvalue weighted by Gasteiger charge is 2.24. The molecule has 0 unspecified atom stereocenters. The summed E-state index contributed by atoms with van der Waals surface area (Å²) in [6.45, 7) is 1.81. The van der Waals surface area contributed by atoms with Crippen LogP contribution in [0.4, 0.5) is 5.82 Å². The number of nitrogen functional groups attached to an aromatic ring is 1.